The highest BCUT2D eigenvalue weighted by atomic mass is 35.5. The van der Waals surface area contributed by atoms with Gasteiger partial charge in [-0.2, -0.15) is 0 Å². The average Bonchev–Trinajstić information content (AvgIpc) is 2.32. The van der Waals surface area contributed by atoms with Crippen LogP contribution in [0.15, 0.2) is 0 Å². The summed E-state index contributed by atoms with van der Waals surface area (Å²) in [6.45, 7) is 4.32. The molecule has 0 radical (unpaired) electrons. The molecule has 0 bridgehead atoms. The Kier molecular flexibility index (Phi) is 11.2. The number of hydrogen-bond acceptors (Lipinski definition) is 3. The van der Waals surface area contributed by atoms with E-state index < -0.39 is 0 Å². The van der Waals surface area contributed by atoms with E-state index in [2.05, 4.69) is 6.92 Å². The summed E-state index contributed by atoms with van der Waals surface area (Å²) in [5.74, 6) is 0.0260. The molecule has 0 amide bonds. The molecule has 0 aromatic carbocycles. The molecule has 0 rings (SSSR count). The normalized spacial score (nSPS) is 12.2. The lowest BCUT2D eigenvalue weighted by Crippen LogP contribution is -2.08. The lowest BCUT2D eigenvalue weighted by molar-refractivity contribution is -0.143. The number of esters is 1. The lowest BCUT2D eigenvalue weighted by atomic mass is 10.0. The van der Waals surface area contributed by atoms with E-state index in [0.717, 1.165) is 25.7 Å². The van der Waals surface area contributed by atoms with Crippen molar-refractivity contribution < 1.29 is 14.3 Å². The van der Waals surface area contributed by atoms with E-state index in [-0.39, 0.29) is 17.1 Å². The molecule has 4 heteroatoms. The zero-order chi connectivity index (χ0) is 13.8. The number of ether oxygens (including phenoxy) is 1. The van der Waals surface area contributed by atoms with Gasteiger partial charge >= 0.3 is 5.97 Å². The van der Waals surface area contributed by atoms with Crippen molar-refractivity contribution in [1.29, 1.82) is 0 Å². The highest BCUT2D eigenvalue weighted by Crippen LogP contribution is 2.14. The van der Waals surface area contributed by atoms with Gasteiger partial charge in [-0.15, -0.1) is 11.6 Å². The molecular weight excluding hydrogens is 252 g/mol. The van der Waals surface area contributed by atoms with Crippen molar-refractivity contribution in [2.45, 2.75) is 70.6 Å². The van der Waals surface area contributed by atoms with Crippen molar-refractivity contribution in [2.24, 2.45) is 0 Å². The molecule has 0 saturated carbocycles. The van der Waals surface area contributed by atoms with Gasteiger partial charge < -0.3 is 4.74 Å². The zero-order valence-electron chi connectivity index (χ0n) is 11.5. The number of carbonyl (C=O) groups is 2. The van der Waals surface area contributed by atoms with E-state index in [1.807, 2.05) is 0 Å². The molecule has 1 atom stereocenters. The second kappa shape index (κ2) is 11.5. The van der Waals surface area contributed by atoms with E-state index in [1.54, 1.807) is 6.92 Å². The number of hydrogen-bond donors (Lipinski definition) is 0. The highest BCUT2D eigenvalue weighted by molar-refractivity contribution is 6.21. The van der Waals surface area contributed by atoms with Crippen molar-refractivity contribution in [1.82, 2.24) is 0 Å². The molecule has 0 aliphatic heterocycles. The predicted molar refractivity (Wildman–Crippen MR) is 73.9 cm³/mol. The molecule has 3 nitrogen and oxygen atoms in total. The van der Waals surface area contributed by atoms with Crippen LogP contribution in [0.3, 0.4) is 0 Å². The molecule has 106 valence electrons. The Hall–Kier alpha value is -0.570. The Morgan fingerprint density at radius 3 is 2.39 bits per heavy atom. The summed E-state index contributed by atoms with van der Waals surface area (Å²) in [6.07, 6.45) is 5.94. The Morgan fingerprint density at radius 2 is 1.78 bits per heavy atom. The molecule has 0 heterocycles. The predicted octanol–water partition coefficient (Wildman–Crippen LogP) is 3.87. The van der Waals surface area contributed by atoms with E-state index >= 15 is 0 Å². The van der Waals surface area contributed by atoms with Gasteiger partial charge in [-0.3, -0.25) is 9.59 Å². The Bertz CT molecular complexity index is 241. The Morgan fingerprint density at radius 1 is 1.11 bits per heavy atom. The van der Waals surface area contributed by atoms with E-state index in [0.29, 0.717) is 32.3 Å². The first kappa shape index (κ1) is 17.4. The molecule has 0 aliphatic rings. The molecule has 0 aliphatic carbocycles. The molecule has 0 aromatic rings. The van der Waals surface area contributed by atoms with Crippen LogP contribution < -0.4 is 0 Å². The summed E-state index contributed by atoms with van der Waals surface area (Å²) in [4.78, 5) is 22.6. The maximum absolute atomic E-state index is 11.6. The van der Waals surface area contributed by atoms with Gasteiger partial charge in [0, 0.05) is 24.6 Å². The van der Waals surface area contributed by atoms with Gasteiger partial charge in [0.15, 0.2) is 0 Å². The summed E-state index contributed by atoms with van der Waals surface area (Å²) in [6, 6.07) is 0. The second-order valence-electron chi connectivity index (χ2n) is 4.49. The first-order chi connectivity index (χ1) is 8.60. The maximum Gasteiger partial charge on any atom is 0.305 e. The van der Waals surface area contributed by atoms with Crippen LogP contribution in [0.1, 0.15) is 65.2 Å². The van der Waals surface area contributed by atoms with E-state index in [4.69, 9.17) is 16.3 Å². The van der Waals surface area contributed by atoms with Crippen LogP contribution >= 0.6 is 11.6 Å². The van der Waals surface area contributed by atoms with Crippen LogP contribution in [0, 0.1) is 0 Å². The third kappa shape index (κ3) is 10.6. The smallest absolute Gasteiger partial charge is 0.305 e. The molecule has 0 spiro atoms. The molecule has 0 N–H and O–H groups in total. The minimum absolute atomic E-state index is 0.0255. The fraction of sp³-hybridized carbons (Fsp3) is 0.857. The third-order valence-electron chi connectivity index (χ3n) is 2.71. The van der Waals surface area contributed by atoms with Crippen LogP contribution in [0.25, 0.3) is 0 Å². The first-order valence-corrected chi connectivity index (χ1v) is 7.35. The summed E-state index contributed by atoms with van der Waals surface area (Å²) in [5.41, 5.74) is 0. The quantitative estimate of drug-likeness (QED) is 0.327. The molecule has 18 heavy (non-hydrogen) atoms. The van der Waals surface area contributed by atoms with Gasteiger partial charge in [0.2, 0.25) is 0 Å². The number of carbonyl (C=O) groups excluding carboxylic acids is 2. The van der Waals surface area contributed by atoms with Crippen LogP contribution in [0.2, 0.25) is 0 Å². The number of ketones is 1. The first-order valence-electron chi connectivity index (χ1n) is 6.91. The van der Waals surface area contributed by atoms with E-state index in [1.165, 1.54) is 0 Å². The van der Waals surface area contributed by atoms with Crippen molar-refractivity contribution in [3.05, 3.63) is 0 Å². The third-order valence-corrected chi connectivity index (χ3v) is 3.08. The van der Waals surface area contributed by atoms with Crippen LogP contribution in [0.5, 0.6) is 0 Å². The van der Waals surface area contributed by atoms with Gasteiger partial charge in [0.1, 0.15) is 5.78 Å². The fourth-order valence-corrected chi connectivity index (χ4v) is 2.03. The standard InChI is InChI=1S/C14H25ClO3/c1-3-5-8-12(15)11-13(16)9-6-7-10-14(17)18-4-2/h12H,3-11H2,1-2H3. The summed E-state index contributed by atoms with van der Waals surface area (Å²) in [7, 11) is 0. The fourth-order valence-electron chi connectivity index (χ4n) is 1.70. The number of rotatable bonds is 11. The highest BCUT2D eigenvalue weighted by Gasteiger charge is 2.10. The van der Waals surface area contributed by atoms with E-state index in [9.17, 15) is 9.59 Å². The molecule has 0 saturated heterocycles. The van der Waals surface area contributed by atoms with Gasteiger partial charge in [0.05, 0.1) is 6.61 Å². The van der Waals surface area contributed by atoms with Crippen LogP contribution in [-0.4, -0.2) is 23.7 Å². The molecule has 0 fully saturated rings. The Balaban J connectivity index is 3.50. The van der Waals surface area contributed by atoms with Gasteiger partial charge in [-0.25, -0.2) is 0 Å². The van der Waals surface area contributed by atoms with Crippen molar-refractivity contribution in [2.75, 3.05) is 6.61 Å². The number of Topliss-reactive ketones (excluding diaryl/α,β-unsaturated/α-hetero) is 1. The number of unbranched alkanes of at least 4 members (excludes halogenated alkanes) is 2. The molecule has 0 aromatic heterocycles. The lowest BCUT2D eigenvalue weighted by Gasteiger charge is -2.07. The zero-order valence-corrected chi connectivity index (χ0v) is 12.3. The molecular formula is C14H25ClO3. The van der Waals surface area contributed by atoms with Gasteiger partial charge in [-0.1, -0.05) is 19.8 Å². The van der Waals surface area contributed by atoms with Crippen molar-refractivity contribution >= 4 is 23.4 Å². The number of halogens is 1. The Labute approximate surface area is 115 Å². The van der Waals surface area contributed by atoms with Gasteiger partial charge in [0.25, 0.3) is 0 Å². The SMILES string of the molecule is CCCCC(Cl)CC(=O)CCCCC(=O)OCC. The van der Waals surface area contributed by atoms with Crippen molar-refractivity contribution in [3.8, 4) is 0 Å². The largest absolute Gasteiger partial charge is 0.466 e. The minimum Gasteiger partial charge on any atom is -0.466 e. The average molecular weight is 277 g/mol. The monoisotopic (exact) mass is 276 g/mol. The maximum atomic E-state index is 11.6. The van der Waals surface area contributed by atoms with Crippen LogP contribution in [-0.2, 0) is 14.3 Å². The summed E-state index contributed by atoms with van der Waals surface area (Å²) in [5, 5.41) is -0.0255. The molecule has 1 unspecified atom stereocenters. The summed E-state index contributed by atoms with van der Waals surface area (Å²) < 4.78 is 4.81. The van der Waals surface area contributed by atoms with Gasteiger partial charge in [-0.05, 0) is 26.2 Å². The topological polar surface area (TPSA) is 43.4 Å². The van der Waals surface area contributed by atoms with Crippen LogP contribution in [0.4, 0.5) is 0 Å². The summed E-state index contributed by atoms with van der Waals surface area (Å²) >= 11 is 6.06. The minimum atomic E-state index is -0.178. The second-order valence-corrected chi connectivity index (χ2v) is 5.11. The number of alkyl halides is 1. The van der Waals surface area contributed by atoms with Crippen molar-refractivity contribution in [3.63, 3.8) is 0 Å².